The van der Waals surface area contributed by atoms with Crippen LogP contribution in [0.15, 0.2) is 47.4 Å². The van der Waals surface area contributed by atoms with Crippen LogP contribution in [-0.4, -0.2) is 31.8 Å². The molecule has 0 bridgehead atoms. The number of rotatable bonds is 7. The molecule has 2 unspecified atom stereocenters. The maximum atomic E-state index is 12.7. The van der Waals surface area contributed by atoms with Crippen LogP contribution in [0.2, 0.25) is 0 Å². The van der Waals surface area contributed by atoms with Gasteiger partial charge in [0, 0.05) is 18.2 Å². The van der Waals surface area contributed by atoms with Gasteiger partial charge < -0.3 is 15.7 Å². The number of carbonyl (C=O) groups is 1. The summed E-state index contributed by atoms with van der Waals surface area (Å²) in [5, 5.41) is 16.1. The summed E-state index contributed by atoms with van der Waals surface area (Å²) in [6.45, 7) is 6.37. The van der Waals surface area contributed by atoms with Crippen molar-refractivity contribution in [3.05, 3.63) is 64.7 Å². The first-order valence-electron chi connectivity index (χ1n) is 9.87. The van der Waals surface area contributed by atoms with E-state index in [0.29, 0.717) is 23.1 Å². The Morgan fingerprint density at radius 3 is 2.48 bits per heavy atom. The second-order valence-corrected chi connectivity index (χ2v) is 9.98. The minimum absolute atomic E-state index is 0.0252. The molecule has 29 heavy (non-hydrogen) atoms. The predicted molar refractivity (Wildman–Crippen MR) is 112 cm³/mol. The van der Waals surface area contributed by atoms with Gasteiger partial charge in [-0.3, -0.25) is 4.79 Å². The Kier molecular flexibility index (Phi) is 6.41. The van der Waals surface area contributed by atoms with Crippen LogP contribution in [-0.2, 0) is 16.4 Å². The average molecular weight is 417 g/mol. The highest BCUT2D eigenvalue weighted by molar-refractivity contribution is 7.91. The van der Waals surface area contributed by atoms with Crippen molar-refractivity contribution >= 4 is 15.7 Å². The first-order valence-corrected chi connectivity index (χ1v) is 11.5. The lowest BCUT2D eigenvalue weighted by molar-refractivity contribution is 0.0916. The number of carbonyl (C=O) groups excluding carboxylic acids is 1. The van der Waals surface area contributed by atoms with E-state index in [2.05, 4.69) is 24.5 Å². The maximum absolute atomic E-state index is 12.7. The zero-order valence-corrected chi connectivity index (χ0v) is 17.8. The molecule has 2 aromatic rings. The predicted octanol–water partition coefficient (Wildman–Crippen LogP) is 2.74. The maximum Gasteiger partial charge on any atom is 0.251 e. The lowest BCUT2D eigenvalue weighted by Crippen LogP contribution is -2.30. The van der Waals surface area contributed by atoms with Gasteiger partial charge in [-0.25, -0.2) is 8.42 Å². The van der Waals surface area contributed by atoms with Gasteiger partial charge in [0.25, 0.3) is 5.91 Å². The van der Waals surface area contributed by atoms with Crippen molar-refractivity contribution in [2.45, 2.75) is 44.3 Å². The third-order valence-corrected chi connectivity index (χ3v) is 7.18. The third kappa shape index (κ3) is 4.52. The molecule has 1 amide bonds. The van der Waals surface area contributed by atoms with E-state index >= 15 is 0 Å². The van der Waals surface area contributed by atoms with E-state index in [-0.39, 0.29) is 23.2 Å². The van der Waals surface area contributed by atoms with E-state index < -0.39 is 15.9 Å². The summed E-state index contributed by atoms with van der Waals surface area (Å²) in [7, 11) is -3.29. The van der Waals surface area contributed by atoms with Gasteiger partial charge in [-0.2, -0.15) is 0 Å². The molecule has 3 N–H and O–H groups in total. The van der Waals surface area contributed by atoms with Crippen LogP contribution in [0.3, 0.4) is 0 Å². The lowest BCUT2D eigenvalue weighted by Gasteiger charge is -2.18. The smallest absolute Gasteiger partial charge is 0.251 e. The highest BCUT2D eigenvalue weighted by Crippen LogP contribution is 2.31. The summed E-state index contributed by atoms with van der Waals surface area (Å²) in [6.07, 6.45) is 0. The van der Waals surface area contributed by atoms with E-state index in [9.17, 15) is 18.3 Å². The highest BCUT2D eigenvalue weighted by atomic mass is 32.2. The average Bonchev–Trinajstić information content (AvgIpc) is 3.15. The summed E-state index contributed by atoms with van der Waals surface area (Å²) >= 11 is 0. The van der Waals surface area contributed by atoms with E-state index in [1.54, 1.807) is 19.1 Å². The fourth-order valence-electron chi connectivity index (χ4n) is 3.68. The molecule has 7 heteroatoms. The minimum Gasteiger partial charge on any atom is -0.394 e. The molecule has 2 atom stereocenters. The number of hydrogen-bond donors (Lipinski definition) is 3. The van der Waals surface area contributed by atoms with Crippen molar-refractivity contribution < 1.29 is 18.3 Å². The van der Waals surface area contributed by atoms with Crippen molar-refractivity contribution in [3.63, 3.8) is 0 Å². The van der Waals surface area contributed by atoms with Crippen molar-refractivity contribution in [3.8, 4) is 0 Å². The van der Waals surface area contributed by atoms with Crippen LogP contribution in [0.5, 0.6) is 0 Å². The van der Waals surface area contributed by atoms with Gasteiger partial charge in [-0.15, -0.1) is 0 Å². The Morgan fingerprint density at radius 2 is 1.90 bits per heavy atom. The summed E-state index contributed by atoms with van der Waals surface area (Å²) in [4.78, 5) is 13.0. The highest BCUT2D eigenvalue weighted by Gasteiger charge is 2.25. The Morgan fingerprint density at radius 1 is 1.21 bits per heavy atom. The van der Waals surface area contributed by atoms with Gasteiger partial charge >= 0.3 is 0 Å². The van der Waals surface area contributed by atoms with Crippen molar-refractivity contribution in [1.29, 1.82) is 0 Å². The minimum atomic E-state index is -3.29. The number of aliphatic hydroxyl groups is 1. The summed E-state index contributed by atoms with van der Waals surface area (Å²) in [5.41, 5.74) is 3.53. The largest absolute Gasteiger partial charge is 0.394 e. The normalized spacial score (nSPS) is 17.2. The molecule has 6 nitrogen and oxygen atoms in total. The molecular formula is C22H28N2O4S. The first-order chi connectivity index (χ1) is 13.8. The van der Waals surface area contributed by atoms with Crippen molar-refractivity contribution in [2.24, 2.45) is 5.92 Å². The molecule has 0 fully saturated rings. The lowest BCUT2D eigenvalue weighted by atomic mass is 9.95. The van der Waals surface area contributed by atoms with E-state index in [1.807, 2.05) is 18.2 Å². The fourth-order valence-corrected chi connectivity index (χ4v) is 4.56. The van der Waals surface area contributed by atoms with Gasteiger partial charge in [0.05, 0.1) is 23.3 Å². The van der Waals surface area contributed by atoms with E-state index in [1.165, 1.54) is 17.7 Å². The van der Waals surface area contributed by atoms with Crippen LogP contribution in [0.25, 0.3) is 0 Å². The molecule has 0 saturated carbocycles. The number of fused-ring (bicyclic) bond motifs is 1. The number of amides is 1. The number of nitrogens with one attached hydrogen (secondary N) is 2. The van der Waals surface area contributed by atoms with Gasteiger partial charge in [-0.05, 0) is 46.9 Å². The number of aliphatic hydroxyl groups excluding tert-OH is 1. The monoisotopic (exact) mass is 416 g/mol. The van der Waals surface area contributed by atoms with Gasteiger partial charge in [-0.1, -0.05) is 39.0 Å². The van der Waals surface area contributed by atoms with Crippen LogP contribution in [0.4, 0.5) is 0 Å². The quantitative estimate of drug-likeness (QED) is 0.645. The molecule has 0 aliphatic carbocycles. The van der Waals surface area contributed by atoms with E-state index in [0.717, 1.165) is 12.1 Å². The molecule has 2 aromatic carbocycles. The van der Waals surface area contributed by atoms with Crippen molar-refractivity contribution in [2.75, 3.05) is 12.4 Å². The fraction of sp³-hybridized carbons (Fsp3) is 0.409. The summed E-state index contributed by atoms with van der Waals surface area (Å²) in [6, 6.07) is 11.7. The molecule has 156 valence electrons. The molecule has 0 saturated heterocycles. The Hall–Kier alpha value is -2.22. The molecule has 1 aliphatic heterocycles. The number of sulfone groups is 1. The molecule has 0 spiro atoms. The van der Waals surface area contributed by atoms with E-state index in [4.69, 9.17) is 0 Å². The number of hydrogen-bond acceptors (Lipinski definition) is 5. The third-order valence-electron chi connectivity index (χ3n) is 5.43. The molecule has 3 rings (SSSR count). The number of benzene rings is 2. The van der Waals surface area contributed by atoms with Gasteiger partial charge in [0.15, 0.2) is 9.84 Å². The Labute approximate surface area is 172 Å². The first kappa shape index (κ1) is 21.5. The Bertz CT molecular complexity index is 984. The molecular weight excluding hydrogens is 388 g/mol. The zero-order valence-electron chi connectivity index (χ0n) is 17.0. The SMILES string of the molecule is CCS(=O)(=O)c1ccc(C(CO)NC(=O)c2ccc3c(c2)CNC3C(C)C)cc1. The molecule has 0 radical (unpaired) electrons. The van der Waals surface area contributed by atoms with Gasteiger partial charge in [0.1, 0.15) is 0 Å². The van der Waals surface area contributed by atoms with Crippen LogP contribution in [0, 0.1) is 5.92 Å². The summed E-state index contributed by atoms with van der Waals surface area (Å²) < 4.78 is 23.9. The van der Waals surface area contributed by atoms with Gasteiger partial charge in [0.2, 0.25) is 0 Å². The topological polar surface area (TPSA) is 95.5 Å². The Balaban J connectivity index is 1.75. The zero-order chi connectivity index (χ0) is 21.2. The molecule has 0 aromatic heterocycles. The molecule has 1 heterocycles. The second kappa shape index (κ2) is 8.65. The molecule has 1 aliphatic rings. The second-order valence-electron chi connectivity index (χ2n) is 7.70. The van der Waals surface area contributed by atoms with Crippen LogP contribution < -0.4 is 10.6 Å². The van der Waals surface area contributed by atoms with Crippen molar-refractivity contribution in [1.82, 2.24) is 10.6 Å². The summed E-state index contributed by atoms with van der Waals surface area (Å²) in [5.74, 6) is 0.219. The van der Waals surface area contributed by atoms with Crippen LogP contribution in [0.1, 0.15) is 59.9 Å². The van der Waals surface area contributed by atoms with Crippen LogP contribution >= 0.6 is 0 Å². The standard InChI is InChI=1S/C22H28N2O4S/c1-4-29(27,28)18-8-5-15(6-9-18)20(13-25)24-22(26)16-7-10-19-17(11-16)12-23-21(19)14(2)3/h5-11,14,20-21,23,25H,4,12-13H2,1-3H3,(H,24,26).